The number of halogens is 3. The first-order valence-corrected chi connectivity index (χ1v) is 11.9. The fraction of sp³-hybridized carbons (Fsp3) is 0. The van der Waals surface area contributed by atoms with Crippen molar-refractivity contribution in [3.63, 3.8) is 0 Å². The minimum absolute atomic E-state index is 0.168. The molecular formula is C22H13Cl2FN4O2S2. The van der Waals surface area contributed by atoms with Gasteiger partial charge in [-0.2, -0.15) is 0 Å². The maximum atomic E-state index is 14.8. The van der Waals surface area contributed by atoms with Crippen LogP contribution in [-0.4, -0.2) is 10.1 Å². The highest BCUT2D eigenvalue weighted by molar-refractivity contribution is 8.00. The van der Waals surface area contributed by atoms with E-state index < -0.39 is 5.82 Å². The van der Waals surface area contributed by atoms with E-state index in [1.807, 2.05) is 17.5 Å². The third-order valence-corrected chi connectivity index (χ3v) is 6.62. The minimum Gasteiger partial charge on any atom is -0.455 e. The van der Waals surface area contributed by atoms with E-state index in [1.54, 1.807) is 29.8 Å². The Morgan fingerprint density at radius 2 is 1.97 bits per heavy atom. The maximum Gasteiger partial charge on any atom is 0.174 e. The van der Waals surface area contributed by atoms with Gasteiger partial charge >= 0.3 is 0 Å². The SMILES string of the molecule is Nc1noc2ccc(-c3cc(Cl)ccc3Oc3cc(F)c(SNc4cscn4)cc3Cl)cc12. The standard InChI is InChI=1S/C22H13Cl2FN4O2S2/c23-12-2-4-17(13(6-12)11-1-3-18-14(5-11)22(26)28-31-18)30-19-8-16(25)20(7-15(19)24)33-29-21-9-32-10-27-21/h1-10,29H,(H2,26,28). The summed E-state index contributed by atoms with van der Waals surface area (Å²) in [6.07, 6.45) is 0. The highest BCUT2D eigenvalue weighted by atomic mass is 35.5. The molecule has 3 N–H and O–H groups in total. The zero-order valence-electron chi connectivity index (χ0n) is 16.5. The molecule has 0 spiro atoms. The number of thiazole rings is 1. The second kappa shape index (κ2) is 9.11. The van der Waals surface area contributed by atoms with E-state index in [-0.39, 0.29) is 16.6 Å². The molecule has 5 aromatic rings. The molecule has 0 amide bonds. The molecule has 0 radical (unpaired) electrons. The number of nitrogens with two attached hydrogens (primary N) is 1. The molecule has 0 unspecified atom stereocenters. The van der Waals surface area contributed by atoms with Crippen LogP contribution in [0.15, 0.2) is 68.8 Å². The number of fused-ring (bicyclic) bond motifs is 1. The van der Waals surface area contributed by atoms with Crippen molar-refractivity contribution in [1.29, 1.82) is 0 Å². The number of nitrogens with one attached hydrogen (secondary N) is 1. The molecule has 33 heavy (non-hydrogen) atoms. The van der Waals surface area contributed by atoms with E-state index in [0.29, 0.717) is 38.0 Å². The van der Waals surface area contributed by atoms with Crippen LogP contribution < -0.4 is 15.2 Å². The van der Waals surface area contributed by atoms with Crippen molar-refractivity contribution in [2.24, 2.45) is 0 Å². The summed E-state index contributed by atoms with van der Waals surface area (Å²) < 4.78 is 28.9. The van der Waals surface area contributed by atoms with E-state index >= 15 is 0 Å². The van der Waals surface area contributed by atoms with E-state index in [0.717, 1.165) is 17.5 Å². The monoisotopic (exact) mass is 518 g/mol. The number of hydrogen-bond acceptors (Lipinski definition) is 8. The van der Waals surface area contributed by atoms with Gasteiger partial charge in [-0.3, -0.25) is 0 Å². The van der Waals surface area contributed by atoms with Gasteiger partial charge in [-0.15, -0.1) is 11.3 Å². The third-order valence-electron chi connectivity index (χ3n) is 4.65. The van der Waals surface area contributed by atoms with Gasteiger partial charge in [0.1, 0.15) is 23.1 Å². The molecule has 0 aliphatic carbocycles. The lowest BCUT2D eigenvalue weighted by atomic mass is 10.0. The van der Waals surface area contributed by atoms with Gasteiger partial charge in [-0.05, 0) is 53.9 Å². The number of rotatable bonds is 6. The van der Waals surface area contributed by atoms with Crippen LogP contribution in [-0.2, 0) is 0 Å². The van der Waals surface area contributed by atoms with Crippen LogP contribution in [0.5, 0.6) is 11.5 Å². The van der Waals surface area contributed by atoms with Crippen molar-refractivity contribution in [3.8, 4) is 22.6 Å². The predicted molar refractivity (Wildman–Crippen MR) is 132 cm³/mol. The number of ether oxygens (including phenoxy) is 1. The van der Waals surface area contributed by atoms with Crippen LogP contribution in [0, 0.1) is 5.82 Å². The van der Waals surface area contributed by atoms with Crippen LogP contribution in [0.3, 0.4) is 0 Å². The highest BCUT2D eigenvalue weighted by Gasteiger charge is 2.16. The van der Waals surface area contributed by atoms with Gasteiger partial charge in [-0.25, -0.2) is 9.37 Å². The smallest absolute Gasteiger partial charge is 0.174 e. The van der Waals surface area contributed by atoms with Crippen molar-refractivity contribution in [2.45, 2.75) is 4.90 Å². The Hall–Kier alpha value is -2.98. The Morgan fingerprint density at radius 3 is 2.79 bits per heavy atom. The van der Waals surface area contributed by atoms with Crippen LogP contribution in [0.4, 0.5) is 16.0 Å². The van der Waals surface area contributed by atoms with Gasteiger partial charge in [-0.1, -0.05) is 34.4 Å². The maximum absolute atomic E-state index is 14.8. The fourth-order valence-corrected chi connectivity index (χ4v) is 4.75. The average molecular weight is 519 g/mol. The molecule has 166 valence electrons. The molecule has 0 fully saturated rings. The van der Waals surface area contributed by atoms with Crippen LogP contribution in [0.2, 0.25) is 10.0 Å². The summed E-state index contributed by atoms with van der Waals surface area (Å²) >= 11 is 15.2. The highest BCUT2D eigenvalue weighted by Crippen LogP contribution is 2.41. The normalized spacial score (nSPS) is 11.1. The van der Waals surface area contributed by atoms with Crippen molar-refractivity contribution >= 4 is 69.1 Å². The lowest BCUT2D eigenvalue weighted by molar-refractivity contribution is 0.460. The van der Waals surface area contributed by atoms with E-state index in [9.17, 15) is 4.39 Å². The van der Waals surface area contributed by atoms with Crippen LogP contribution in [0.1, 0.15) is 0 Å². The first-order chi connectivity index (χ1) is 16.0. The zero-order valence-corrected chi connectivity index (χ0v) is 19.7. The van der Waals surface area contributed by atoms with Gasteiger partial charge < -0.3 is 19.7 Å². The number of benzene rings is 3. The summed E-state index contributed by atoms with van der Waals surface area (Å²) in [7, 11) is 0. The third kappa shape index (κ3) is 4.58. The topological polar surface area (TPSA) is 86.2 Å². The van der Waals surface area contributed by atoms with Crippen LogP contribution in [0.25, 0.3) is 22.1 Å². The molecule has 2 aromatic heterocycles. The summed E-state index contributed by atoms with van der Waals surface area (Å²) in [6, 6.07) is 13.3. The Balaban J connectivity index is 1.46. The molecule has 0 atom stereocenters. The van der Waals surface area contributed by atoms with E-state index in [2.05, 4.69) is 14.9 Å². The second-order valence-electron chi connectivity index (χ2n) is 6.81. The first-order valence-electron chi connectivity index (χ1n) is 9.41. The number of nitrogen functional groups attached to an aromatic ring is 1. The molecular weight excluding hydrogens is 506 g/mol. The minimum atomic E-state index is -0.490. The van der Waals surface area contributed by atoms with Gasteiger partial charge in [0.05, 0.1) is 20.8 Å². The molecule has 2 heterocycles. The molecule has 0 aliphatic heterocycles. The second-order valence-corrected chi connectivity index (χ2v) is 9.22. The number of aromatic nitrogens is 2. The van der Waals surface area contributed by atoms with Gasteiger partial charge in [0.15, 0.2) is 11.4 Å². The molecule has 0 bridgehead atoms. The lowest BCUT2D eigenvalue weighted by Crippen LogP contribution is -1.94. The molecule has 0 saturated carbocycles. The zero-order chi connectivity index (χ0) is 22.9. The summed E-state index contributed by atoms with van der Waals surface area (Å²) in [6.45, 7) is 0. The van der Waals surface area contributed by atoms with Crippen molar-refractivity contribution in [2.75, 3.05) is 10.5 Å². The van der Waals surface area contributed by atoms with Gasteiger partial charge in [0.25, 0.3) is 0 Å². The van der Waals surface area contributed by atoms with Gasteiger partial charge in [0.2, 0.25) is 0 Å². The molecule has 0 aliphatic rings. The summed E-state index contributed by atoms with van der Waals surface area (Å²) in [5.74, 6) is 1.03. The summed E-state index contributed by atoms with van der Waals surface area (Å²) in [5.41, 5.74) is 9.57. The number of hydrogen-bond donors (Lipinski definition) is 2. The molecule has 11 heteroatoms. The lowest BCUT2D eigenvalue weighted by Gasteiger charge is -2.14. The van der Waals surface area contributed by atoms with E-state index in [4.69, 9.17) is 38.2 Å². The quantitative estimate of drug-likeness (QED) is 0.221. The Kier molecular flexibility index (Phi) is 6.03. The molecule has 0 saturated heterocycles. The van der Waals surface area contributed by atoms with Crippen molar-refractivity contribution in [3.05, 3.63) is 75.3 Å². The summed E-state index contributed by atoms with van der Waals surface area (Å²) in [4.78, 5) is 4.41. The number of anilines is 2. The van der Waals surface area contributed by atoms with Crippen LogP contribution >= 0.6 is 46.5 Å². The Morgan fingerprint density at radius 1 is 1.09 bits per heavy atom. The largest absolute Gasteiger partial charge is 0.455 e. The predicted octanol–water partition coefficient (Wildman–Crippen LogP) is 7.89. The first kappa shape index (κ1) is 21.8. The summed E-state index contributed by atoms with van der Waals surface area (Å²) in [5, 5.41) is 7.01. The number of nitrogens with zero attached hydrogens (tertiary/aromatic N) is 2. The molecule has 3 aromatic carbocycles. The molecule has 5 rings (SSSR count). The Labute approximate surface area is 205 Å². The average Bonchev–Trinajstić information content (AvgIpc) is 3.46. The Bertz CT molecular complexity index is 1460. The molecule has 6 nitrogen and oxygen atoms in total. The fourth-order valence-electron chi connectivity index (χ4n) is 3.10. The van der Waals surface area contributed by atoms with Crippen molar-refractivity contribution in [1.82, 2.24) is 10.1 Å². The van der Waals surface area contributed by atoms with Crippen molar-refractivity contribution < 1.29 is 13.7 Å². The van der Waals surface area contributed by atoms with Gasteiger partial charge in [0, 0.05) is 22.0 Å². The van der Waals surface area contributed by atoms with E-state index in [1.165, 1.54) is 23.5 Å².